The van der Waals surface area contributed by atoms with Gasteiger partial charge in [-0.3, -0.25) is 0 Å². The van der Waals surface area contributed by atoms with Crippen LogP contribution < -0.4 is 5.32 Å². The second kappa shape index (κ2) is 6.76. The Hall–Kier alpha value is -0.540. The maximum Gasteiger partial charge on any atom is 0.0465 e. The van der Waals surface area contributed by atoms with E-state index in [0.29, 0.717) is 16.6 Å². The zero-order chi connectivity index (χ0) is 13.8. The molecule has 0 saturated carbocycles. The Morgan fingerprint density at radius 2 is 1.95 bits per heavy atom. The van der Waals surface area contributed by atoms with Crippen molar-refractivity contribution in [2.75, 3.05) is 0 Å². The smallest absolute Gasteiger partial charge is 0.0465 e. The monoisotopic (exact) mass is 357 g/mol. The lowest BCUT2D eigenvalue weighted by Gasteiger charge is -2.15. The van der Waals surface area contributed by atoms with E-state index in [-0.39, 0.29) is 6.04 Å². The van der Waals surface area contributed by atoms with E-state index in [2.05, 4.69) is 40.3 Å². The van der Waals surface area contributed by atoms with Crippen LogP contribution in [0.4, 0.5) is 0 Å². The van der Waals surface area contributed by atoms with E-state index < -0.39 is 0 Å². The third kappa shape index (κ3) is 4.22. The molecule has 0 aliphatic rings. The Morgan fingerprint density at radius 1 is 1.16 bits per heavy atom. The van der Waals surface area contributed by atoms with Crippen LogP contribution in [0, 0.1) is 0 Å². The molecule has 2 aromatic carbocycles. The van der Waals surface area contributed by atoms with Gasteiger partial charge in [0, 0.05) is 27.1 Å². The normalized spacial score (nSPS) is 12.4. The molecular formula is C15H14BrCl2N. The van der Waals surface area contributed by atoms with Crippen molar-refractivity contribution < 1.29 is 0 Å². The minimum atomic E-state index is 0.254. The molecule has 0 fully saturated rings. The van der Waals surface area contributed by atoms with Gasteiger partial charge in [-0.05, 0) is 42.3 Å². The molecule has 0 amide bonds. The van der Waals surface area contributed by atoms with Crippen molar-refractivity contribution >= 4 is 39.1 Å². The fourth-order valence-electron chi connectivity index (χ4n) is 1.82. The van der Waals surface area contributed by atoms with Gasteiger partial charge in [0.2, 0.25) is 0 Å². The van der Waals surface area contributed by atoms with Crippen LogP contribution in [-0.2, 0) is 6.54 Å². The van der Waals surface area contributed by atoms with Crippen molar-refractivity contribution in [2.24, 2.45) is 0 Å². The molecule has 0 heterocycles. The molecule has 4 heteroatoms. The van der Waals surface area contributed by atoms with Crippen LogP contribution in [-0.4, -0.2) is 0 Å². The summed E-state index contributed by atoms with van der Waals surface area (Å²) in [7, 11) is 0. The molecule has 0 aliphatic carbocycles. The lowest BCUT2D eigenvalue weighted by Crippen LogP contribution is -2.18. The fraction of sp³-hybridized carbons (Fsp3) is 0.200. The Kier molecular flexibility index (Phi) is 5.28. The average molecular weight is 359 g/mol. The highest BCUT2D eigenvalue weighted by Gasteiger charge is 2.07. The van der Waals surface area contributed by atoms with Crippen LogP contribution in [0.5, 0.6) is 0 Å². The minimum absolute atomic E-state index is 0.254. The van der Waals surface area contributed by atoms with Crippen LogP contribution in [0.25, 0.3) is 0 Å². The first kappa shape index (κ1) is 14.9. The van der Waals surface area contributed by atoms with E-state index in [1.165, 1.54) is 5.56 Å². The summed E-state index contributed by atoms with van der Waals surface area (Å²) in [6.45, 7) is 2.84. The highest BCUT2D eigenvalue weighted by atomic mass is 79.9. The lowest BCUT2D eigenvalue weighted by molar-refractivity contribution is 0.574. The Labute approximate surface area is 132 Å². The van der Waals surface area contributed by atoms with Gasteiger partial charge in [0.1, 0.15) is 0 Å². The molecule has 2 rings (SSSR count). The van der Waals surface area contributed by atoms with Crippen LogP contribution in [0.2, 0.25) is 10.0 Å². The Balaban J connectivity index is 2.02. The van der Waals surface area contributed by atoms with Crippen LogP contribution in [0.1, 0.15) is 24.1 Å². The summed E-state index contributed by atoms with van der Waals surface area (Å²) in [5.41, 5.74) is 2.28. The number of halogens is 3. The molecular weight excluding hydrogens is 345 g/mol. The van der Waals surface area contributed by atoms with E-state index in [1.54, 1.807) is 6.07 Å². The molecule has 0 saturated heterocycles. The molecule has 1 unspecified atom stereocenters. The van der Waals surface area contributed by atoms with Crippen LogP contribution in [0.3, 0.4) is 0 Å². The number of hydrogen-bond donors (Lipinski definition) is 1. The molecule has 0 spiro atoms. The number of hydrogen-bond acceptors (Lipinski definition) is 1. The SMILES string of the molecule is CC(NCc1ccc(Cl)cc1Cl)c1cccc(Br)c1. The third-order valence-electron chi connectivity index (χ3n) is 2.96. The molecule has 0 bridgehead atoms. The van der Waals surface area contributed by atoms with Crippen LogP contribution >= 0.6 is 39.1 Å². The average Bonchev–Trinajstić information content (AvgIpc) is 2.37. The summed E-state index contributed by atoms with van der Waals surface area (Å²) in [4.78, 5) is 0. The summed E-state index contributed by atoms with van der Waals surface area (Å²) in [5.74, 6) is 0. The molecule has 1 atom stereocenters. The quantitative estimate of drug-likeness (QED) is 0.749. The highest BCUT2D eigenvalue weighted by Crippen LogP contribution is 2.22. The van der Waals surface area contributed by atoms with Gasteiger partial charge in [-0.25, -0.2) is 0 Å². The summed E-state index contributed by atoms with van der Waals surface area (Å²) in [6, 6.07) is 14.1. The predicted molar refractivity (Wildman–Crippen MR) is 85.9 cm³/mol. The highest BCUT2D eigenvalue weighted by molar-refractivity contribution is 9.10. The first-order valence-corrected chi connectivity index (χ1v) is 7.54. The molecule has 1 N–H and O–H groups in total. The number of benzene rings is 2. The van der Waals surface area contributed by atoms with E-state index in [0.717, 1.165) is 10.0 Å². The molecule has 0 aromatic heterocycles. The second-order valence-electron chi connectivity index (χ2n) is 4.39. The van der Waals surface area contributed by atoms with E-state index >= 15 is 0 Å². The van der Waals surface area contributed by atoms with Crippen LogP contribution in [0.15, 0.2) is 46.9 Å². The second-order valence-corrected chi connectivity index (χ2v) is 6.15. The Morgan fingerprint density at radius 3 is 2.63 bits per heavy atom. The maximum atomic E-state index is 6.15. The first-order valence-electron chi connectivity index (χ1n) is 5.99. The zero-order valence-corrected chi connectivity index (χ0v) is 13.6. The number of rotatable bonds is 4. The van der Waals surface area contributed by atoms with Gasteiger partial charge in [0.05, 0.1) is 0 Å². The standard InChI is InChI=1S/C15H14BrCl2N/c1-10(11-3-2-4-13(16)7-11)19-9-12-5-6-14(17)8-15(12)18/h2-8,10,19H,9H2,1H3. The zero-order valence-electron chi connectivity index (χ0n) is 10.5. The fourth-order valence-corrected chi connectivity index (χ4v) is 2.71. The number of nitrogens with one attached hydrogen (secondary N) is 1. The van der Waals surface area contributed by atoms with E-state index in [1.807, 2.05) is 24.3 Å². The van der Waals surface area contributed by atoms with Gasteiger partial charge >= 0.3 is 0 Å². The first-order chi connectivity index (χ1) is 9.06. The summed E-state index contributed by atoms with van der Waals surface area (Å²) >= 11 is 15.5. The Bertz CT molecular complexity index is 572. The van der Waals surface area contributed by atoms with Gasteiger partial charge in [0.25, 0.3) is 0 Å². The largest absolute Gasteiger partial charge is 0.306 e. The van der Waals surface area contributed by atoms with Crippen molar-refractivity contribution in [3.63, 3.8) is 0 Å². The molecule has 0 radical (unpaired) electrons. The molecule has 0 aliphatic heterocycles. The molecule has 19 heavy (non-hydrogen) atoms. The minimum Gasteiger partial charge on any atom is -0.306 e. The topological polar surface area (TPSA) is 12.0 Å². The predicted octanol–water partition coefficient (Wildman–Crippen LogP) is 5.61. The maximum absolute atomic E-state index is 6.15. The van der Waals surface area contributed by atoms with Crippen molar-refractivity contribution in [3.05, 3.63) is 68.1 Å². The lowest BCUT2D eigenvalue weighted by atomic mass is 10.1. The van der Waals surface area contributed by atoms with Gasteiger partial charge in [-0.2, -0.15) is 0 Å². The van der Waals surface area contributed by atoms with Crippen molar-refractivity contribution in [2.45, 2.75) is 19.5 Å². The third-order valence-corrected chi connectivity index (χ3v) is 4.04. The van der Waals surface area contributed by atoms with Gasteiger partial charge in [0.15, 0.2) is 0 Å². The van der Waals surface area contributed by atoms with E-state index in [4.69, 9.17) is 23.2 Å². The van der Waals surface area contributed by atoms with Gasteiger partial charge in [-0.15, -0.1) is 0 Å². The summed E-state index contributed by atoms with van der Waals surface area (Å²) in [6.07, 6.45) is 0. The van der Waals surface area contributed by atoms with Gasteiger partial charge < -0.3 is 5.32 Å². The molecule has 2 aromatic rings. The van der Waals surface area contributed by atoms with Crippen molar-refractivity contribution in [1.82, 2.24) is 5.32 Å². The molecule has 100 valence electrons. The van der Waals surface area contributed by atoms with Gasteiger partial charge in [-0.1, -0.05) is 57.3 Å². The van der Waals surface area contributed by atoms with Crippen molar-refractivity contribution in [3.8, 4) is 0 Å². The van der Waals surface area contributed by atoms with E-state index in [9.17, 15) is 0 Å². The molecule has 1 nitrogen and oxygen atoms in total. The van der Waals surface area contributed by atoms with Crippen molar-refractivity contribution in [1.29, 1.82) is 0 Å². The summed E-state index contributed by atoms with van der Waals surface area (Å²) in [5, 5.41) is 4.81. The summed E-state index contributed by atoms with van der Waals surface area (Å²) < 4.78 is 1.09.